The highest BCUT2D eigenvalue weighted by Gasteiger charge is 2.13. The number of aromatic amines is 1. The van der Waals surface area contributed by atoms with Gasteiger partial charge in [-0.2, -0.15) is 0 Å². The first-order valence-electron chi connectivity index (χ1n) is 10.4. The molecule has 6 nitrogen and oxygen atoms in total. The maximum absolute atomic E-state index is 12.5. The molecule has 156 valence electrons. The van der Waals surface area contributed by atoms with Gasteiger partial charge in [0.05, 0.1) is 5.69 Å². The number of hydrogen-bond donors (Lipinski definition) is 3. The van der Waals surface area contributed by atoms with E-state index in [1.54, 1.807) is 12.4 Å². The Morgan fingerprint density at radius 3 is 2.55 bits per heavy atom. The van der Waals surface area contributed by atoms with E-state index in [1.807, 2.05) is 61.5 Å². The van der Waals surface area contributed by atoms with Crippen molar-refractivity contribution >= 4 is 17.5 Å². The van der Waals surface area contributed by atoms with E-state index in [1.165, 1.54) is 5.56 Å². The van der Waals surface area contributed by atoms with Crippen molar-refractivity contribution in [2.75, 3.05) is 11.9 Å². The summed E-state index contributed by atoms with van der Waals surface area (Å²) in [6, 6.07) is 21.9. The number of anilines is 2. The number of aryl methyl sites for hydroxylation is 2. The first kappa shape index (κ1) is 20.3. The van der Waals surface area contributed by atoms with E-state index in [0.29, 0.717) is 18.2 Å². The van der Waals surface area contributed by atoms with Gasteiger partial charge in [-0.25, -0.2) is 9.97 Å². The standard InChI is InChI=1S/C25H25N5O/c1-18-16-28-25(29-21-12-6-3-7-13-21)30-23(18)20-15-22(27-17-20)24(31)26-14-8-11-19-9-4-2-5-10-19/h2-7,9-10,12-13,15-17,27H,8,11,14H2,1H3,(H,26,31)(H,28,29,30). The highest BCUT2D eigenvalue weighted by atomic mass is 16.1. The Labute approximate surface area is 181 Å². The zero-order valence-corrected chi connectivity index (χ0v) is 17.4. The Bertz CT molecular complexity index is 1140. The van der Waals surface area contributed by atoms with Crippen molar-refractivity contribution in [2.45, 2.75) is 19.8 Å². The number of H-pyrrole nitrogens is 1. The van der Waals surface area contributed by atoms with Gasteiger partial charge >= 0.3 is 0 Å². The summed E-state index contributed by atoms with van der Waals surface area (Å²) in [4.78, 5) is 24.6. The van der Waals surface area contributed by atoms with Crippen LogP contribution in [-0.2, 0) is 6.42 Å². The van der Waals surface area contributed by atoms with Gasteiger partial charge in [0.1, 0.15) is 5.69 Å². The monoisotopic (exact) mass is 411 g/mol. The van der Waals surface area contributed by atoms with Gasteiger partial charge in [-0.05, 0) is 49.1 Å². The molecule has 0 saturated carbocycles. The summed E-state index contributed by atoms with van der Waals surface area (Å²) >= 11 is 0. The fraction of sp³-hybridized carbons (Fsp3) is 0.160. The Balaban J connectivity index is 1.38. The first-order valence-corrected chi connectivity index (χ1v) is 10.4. The molecule has 0 aliphatic heterocycles. The molecule has 2 aromatic carbocycles. The second-order valence-corrected chi connectivity index (χ2v) is 7.36. The molecule has 0 atom stereocenters. The molecular weight excluding hydrogens is 386 g/mol. The third kappa shape index (κ3) is 5.36. The van der Waals surface area contributed by atoms with Crippen LogP contribution in [0, 0.1) is 6.92 Å². The lowest BCUT2D eigenvalue weighted by molar-refractivity contribution is 0.0949. The van der Waals surface area contributed by atoms with Crippen LogP contribution in [-0.4, -0.2) is 27.4 Å². The summed E-state index contributed by atoms with van der Waals surface area (Å²) in [5.41, 5.74) is 5.29. The quantitative estimate of drug-likeness (QED) is 0.361. The van der Waals surface area contributed by atoms with Crippen LogP contribution in [0.15, 0.2) is 79.1 Å². The maximum Gasteiger partial charge on any atom is 0.267 e. The Morgan fingerprint density at radius 1 is 1.03 bits per heavy atom. The molecule has 0 bridgehead atoms. The lowest BCUT2D eigenvalue weighted by atomic mass is 10.1. The van der Waals surface area contributed by atoms with Gasteiger partial charge in [0.15, 0.2) is 0 Å². The van der Waals surface area contributed by atoms with E-state index in [-0.39, 0.29) is 5.91 Å². The van der Waals surface area contributed by atoms with Gasteiger partial charge < -0.3 is 15.6 Å². The van der Waals surface area contributed by atoms with Crippen molar-refractivity contribution < 1.29 is 4.79 Å². The normalized spacial score (nSPS) is 10.6. The minimum atomic E-state index is -0.117. The molecule has 4 aromatic rings. The fourth-order valence-corrected chi connectivity index (χ4v) is 3.34. The molecule has 0 saturated heterocycles. The third-order valence-electron chi connectivity index (χ3n) is 4.97. The van der Waals surface area contributed by atoms with Crippen LogP contribution in [0.2, 0.25) is 0 Å². The number of amides is 1. The number of carbonyl (C=O) groups is 1. The van der Waals surface area contributed by atoms with Crippen molar-refractivity contribution in [3.63, 3.8) is 0 Å². The zero-order chi connectivity index (χ0) is 21.5. The van der Waals surface area contributed by atoms with Gasteiger partial charge in [0, 0.05) is 30.2 Å². The second-order valence-electron chi connectivity index (χ2n) is 7.36. The fourth-order valence-electron chi connectivity index (χ4n) is 3.34. The molecular formula is C25H25N5O. The topological polar surface area (TPSA) is 82.7 Å². The van der Waals surface area contributed by atoms with Crippen LogP contribution >= 0.6 is 0 Å². The predicted molar refractivity (Wildman–Crippen MR) is 123 cm³/mol. The van der Waals surface area contributed by atoms with E-state index in [0.717, 1.165) is 35.3 Å². The lowest BCUT2D eigenvalue weighted by Crippen LogP contribution is -2.25. The molecule has 4 rings (SSSR count). The van der Waals surface area contributed by atoms with Gasteiger partial charge in [-0.1, -0.05) is 48.5 Å². The summed E-state index contributed by atoms with van der Waals surface area (Å²) in [7, 11) is 0. The molecule has 0 fully saturated rings. The number of para-hydroxylation sites is 1. The van der Waals surface area contributed by atoms with Crippen LogP contribution in [0.5, 0.6) is 0 Å². The molecule has 0 radical (unpaired) electrons. The molecule has 31 heavy (non-hydrogen) atoms. The van der Waals surface area contributed by atoms with Crippen LogP contribution < -0.4 is 10.6 Å². The minimum absolute atomic E-state index is 0.117. The van der Waals surface area contributed by atoms with E-state index in [9.17, 15) is 4.79 Å². The van der Waals surface area contributed by atoms with Crippen molar-refractivity contribution in [3.8, 4) is 11.3 Å². The van der Waals surface area contributed by atoms with E-state index in [4.69, 9.17) is 0 Å². The molecule has 2 heterocycles. The molecule has 0 aliphatic carbocycles. The summed E-state index contributed by atoms with van der Waals surface area (Å²) in [6.07, 6.45) is 5.42. The Hall–Kier alpha value is -3.93. The number of benzene rings is 2. The second kappa shape index (κ2) is 9.71. The van der Waals surface area contributed by atoms with E-state index >= 15 is 0 Å². The Morgan fingerprint density at radius 2 is 1.77 bits per heavy atom. The Kier molecular flexibility index (Phi) is 6.38. The minimum Gasteiger partial charge on any atom is -0.357 e. The van der Waals surface area contributed by atoms with Crippen LogP contribution in [0.3, 0.4) is 0 Å². The molecule has 1 amide bonds. The molecule has 6 heteroatoms. The number of nitrogens with zero attached hydrogens (tertiary/aromatic N) is 2. The van der Waals surface area contributed by atoms with Crippen LogP contribution in [0.25, 0.3) is 11.3 Å². The van der Waals surface area contributed by atoms with Gasteiger partial charge in [0.2, 0.25) is 5.95 Å². The number of hydrogen-bond acceptors (Lipinski definition) is 4. The summed E-state index contributed by atoms with van der Waals surface area (Å²) in [5, 5.41) is 6.18. The average Bonchev–Trinajstić information content (AvgIpc) is 3.29. The van der Waals surface area contributed by atoms with Gasteiger partial charge in [0.25, 0.3) is 5.91 Å². The highest BCUT2D eigenvalue weighted by Crippen LogP contribution is 2.24. The number of aromatic nitrogens is 3. The molecule has 0 spiro atoms. The number of carbonyl (C=O) groups excluding carboxylic acids is 1. The van der Waals surface area contributed by atoms with Crippen LogP contribution in [0.1, 0.15) is 28.0 Å². The largest absolute Gasteiger partial charge is 0.357 e. The van der Waals surface area contributed by atoms with Crippen molar-refractivity contribution in [3.05, 3.63) is 95.9 Å². The molecule has 2 aromatic heterocycles. The van der Waals surface area contributed by atoms with Crippen molar-refractivity contribution in [1.82, 2.24) is 20.3 Å². The average molecular weight is 412 g/mol. The van der Waals surface area contributed by atoms with E-state index in [2.05, 4.69) is 37.7 Å². The summed E-state index contributed by atoms with van der Waals surface area (Å²) in [6.45, 7) is 2.58. The third-order valence-corrected chi connectivity index (χ3v) is 4.97. The smallest absolute Gasteiger partial charge is 0.267 e. The lowest BCUT2D eigenvalue weighted by Gasteiger charge is -2.08. The first-order chi connectivity index (χ1) is 15.2. The van der Waals surface area contributed by atoms with Gasteiger partial charge in [-0.15, -0.1) is 0 Å². The van der Waals surface area contributed by atoms with Crippen molar-refractivity contribution in [1.29, 1.82) is 0 Å². The molecule has 3 N–H and O–H groups in total. The SMILES string of the molecule is Cc1cnc(Nc2ccccc2)nc1-c1c[nH]c(C(=O)NCCCc2ccccc2)c1. The van der Waals surface area contributed by atoms with Crippen LogP contribution in [0.4, 0.5) is 11.6 Å². The number of rotatable bonds is 8. The maximum atomic E-state index is 12.5. The van der Waals surface area contributed by atoms with E-state index < -0.39 is 0 Å². The summed E-state index contributed by atoms with van der Waals surface area (Å²) in [5.74, 6) is 0.397. The highest BCUT2D eigenvalue weighted by molar-refractivity contribution is 5.93. The van der Waals surface area contributed by atoms with Crippen molar-refractivity contribution in [2.24, 2.45) is 0 Å². The zero-order valence-electron chi connectivity index (χ0n) is 17.4. The molecule has 0 unspecified atom stereocenters. The predicted octanol–water partition coefficient (Wildman–Crippen LogP) is 4.89. The summed E-state index contributed by atoms with van der Waals surface area (Å²) < 4.78 is 0. The molecule has 0 aliphatic rings. The number of nitrogens with one attached hydrogen (secondary N) is 3. The van der Waals surface area contributed by atoms with Gasteiger partial charge in [-0.3, -0.25) is 4.79 Å².